The molecule has 28 heavy (non-hydrogen) atoms. The summed E-state index contributed by atoms with van der Waals surface area (Å²) >= 11 is 0. The third-order valence-electron chi connectivity index (χ3n) is 5.06. The lowest BCUT2D eigenvalue weighted by atomic mass is 9.90. The highest BCUT2D eigenvalue weighted by Crippen LogP contribution is 2.42. The highest BCUT2D eigenvalue weighted by molar-refractivity contribution is 6.05. The number of nitrogens with zero attached hydrogens (tertiary/aromatic N) is 3. The van der Waals surface area contributed by atoms with Gasteiger partial charge >= 0.3 is 0 Å². The van der Waals surface area contributed by atoms with E-state index in [2.05, 4.69) is 4.98 Å². The summed E-state index contributed by atoms with van der Waals surface area (Å²) in [5.41, 5.74) is 1.70. The molecule has 0 aliphatic carbocycles. The van der Waals surface area contributed by atoms with Crippen molar-refractivity contribution < 1.29 is 14.0 Å². The lowest BCUT2D eigenvalue weighted by Crippen LogP contribution is -2.47. The van der Waals surface area contributed by atoms with Gasteiger partial charge in [-0.05, 0) is 49.2 Å². The summed E-state index contributed by atoms with van der Waals surface area (Å²) in [6.07, 6.45) is 3.77. The first-order valence-corrected chi connectivity index (χ1v) is 9.24. The monoisotopic (exact) mass is 375 g/mol. The van der Waals surface area contributed by atoms with Gasteiger partial charge in [0.25, 0.3) is 5.91 Å². The lowest BCUT2D eigenvalue weighted by molar-refractivity contribution is -0.117. The van der Waals surface area contributed by atoms with Crippen LogP contribution in [-0.4, -0.2) is 22.8 Å². The molecule has 2 aromatic heterocycles. The molecule has 1 aliphatic rings. The number of fused-ring (bicyclic) bond motifs is 1. The van der Waals surface area contributed by atoms with E-state index in [1.165, 1.54) is 6.26 Å². The summed E-state index contributed by atoms with van der Waals surface area (Å²) in [5, 5.41) is 0. The molecule has 0 saturated carbocycles. The van der Waals surface area contributed by atoms with Crippen molar-refractivity contribution in [3.8, 4) is 0 Å². The molecule has 1 aromatic carbocycles. The second-order valence-electron chi connectivity index (χ2n) is 6.89. The van der Waals surface area contributed by atoms with Crippen molar-refractivity contribution in [2.45, 2.75) is 32.4 Å². The van der Waals surface area contributed by atoms with E-state index in [1.54, 1.807) is 35.1 Å². The second kappa shape index (κ2) is 7.31. The van der Waals surface area contributed by atoms with Gasteiger partial charge in [-0.1, -0.05) is 24.3 Å². The predicted molar refractivity (Wildman–Crippen MR) is 106 cm³/mol. The Morgan fingerprint density at radius 1 is 1.11 bits per heavy atom. The molecule has 0 radical (unpaired) electrons. The number of hydrogen-bond acceptors (Lipinski definition) is 4. The molecular weight excluding hydrogens is 354 g/mol. The van der Waals surface area contributed by atoms with E-state index in [1.807, 2.05) is 49.4 Å². The predicted octanol–water partition coefficient (Wildman–Crippen LogP) is 4.21. The number of amides is 2. The van der Waals surface area contributed by atoms with Crippen molar-refractivity contribution in [3.05, 3.63) is 78.4 Å². The fourth-order valence-corrected chi connectivity index (χ4v) is 3.89. The van der Waals surface area contributed by atoms with Gasteiger partial charge in [-0.25, -0.2) is 4.98 Å². The molecule has 0 saturated heterocycles. The number of para-hydroxylation sites is 1. The van der Waals surface area contributed by atoms with Gasteiger partial charge in [0.05, 0.1) is 12.3 Å². The van der Waals surface area contributed by atoms with Crippen LogP contribution in [0.25, 0.3) is 0 Å². The third kappa shape index (κ3) is 3.07. The van der Waals surface area contributed by atoms with Crippen molar-refractivity contribution in [2.75, 3.05) is 9.80 Å². The highest BCUT2D eigenvalue weighted by Gasteiger charge is 2.38. The van der Waals surface area contributed by atoms with Gasteiger partial charge in [-0.2, -0.15) is 0 Å². The summed E-state index contributed by atoms with van der Waals surface area (Å²) in [7, 11) is 0. The minimum absolute atomic E-state index is 0.0866. The minimum atomic E-state index is -0.209. The Kier molecular flexibility index (Phi) is 4.69. The molecule has 2 amide bonds. The van der Waals surface area contributed by atoms with Crippen LogP contribution in [0.3, 0.4) is 0 Å². The molecule has 142 valence electrons. The third-order valence-corrected chi connectivity index (χ3v) is 5.06. The van der Waals surface area contributed by atoms with Gasteiger partial charge < -0.3 is 9.32 Å². The standard InChI is InChI=1S/C22H21N3O3/c1-15-14-19(25(16(2)26)21-11-5-6-12-23-21)17-8-3-4-9-18(17)24(15)22(27)20-10-7-13-28-20/h3-13,15,19H,14H2,1-2H3. The van der Waals surface area contributed by atoms with Crippen LogP contribution in [0.4, 0.5) is 11.5 Å². The van der Waals surface area contributed by atoms with Crippen molar-refractivity contribution in [2.24, 2.45) is 0 Å². The number of rotatable bonds is 3. The van der Waals surface area contributed by atoms with Crippen LogP contribution in [0, 0.1) is 0 Å². The number of benzene rings is 1. The quantitative estimate of drug-likeness (QED) is 0.688. The van der Waals surface area contributed by atoms with Crippen LogP contribution in [0.5, 0.6) is 0 Å². The minimum Gasteiger partial charge on any atom is -0.459 e. The average molecular weight is 375 g/mol. The van der Waals surface area contributed by atoms with Crippen molar-refractivity contribution in [1.29, 1.82) is 0 Å². The molecule has 1 aliphatic heterocycles. The molecule has 0 fully saturated rings. The van der Waals surface area contributed by atoms with Gasteiger partial charge in [-0.15, -0.1) is 0 Å². The van der Waals surface area contributed by atoms with E-state index in [0.717, 1.165) is 11.3 Å². The molecule has 2 atom stereocenters. The average Bonchev–Trinajstić information content (AvgIpc) is 3.23. The van der Waals surface area contributed by atoms with E-state index < -0.39 is 0 Å². The first-order valence-electron chi connectivity index (χ1n) is 9.24. The van der Waals surface area contributed by atoms with Gasteiger partial charge in [0.1, 0.15) is 5.82 Å². The van der Waals surface area contributed by atoms with Crippen LogP contribution in [0.1, 0.15) is 42.4 Å². The maximum atomic E-state index is 13.1. The number of carbonyl (C=O) groups is 2. The van der Waals surface area contributed by atoms with Crippen LogP contribution < -0.4 is 9.80 Å². The zero-order chi connectivity index (χ0) is 19.7. The zero-order valence-corrected chi connectivity index (χ0v) is 15.8. The van der Waals surface area contributed by atoms with Gasteiger partial charge in [0.15, 0.2) is 5.76 Å². The van der Waals surface area contributed by atoms with Crippen LogP contribution in [0.15, 0.2) is 71.5 Å². The van der Waals surface area contributed by atoms with Gasteiger partial charge in [0.2, 0.25) is 5.91 Å². The number of hydrogen-bond donors (Lipinski definition) is 0. The largest absolute Gasteiger partial charge is 0.459 e. The van der Waals surface area contributed by atoms with Crippen LogP contribution >= 0.6 is 0 Å². The van der Waals surface area contributed by atoms with E-state index in [-0.39, 0.29) is 23.9 Å². The fraction of sp³-hybridized carbons (Fsp3) is 0.227. The molecular formula is C22H21N3O3. The molecule has 6 heteroatoms. The Labute approximate surface area is 163 Å². The van der Waals surface area contributed by atoms with Crippen molar-refractivity contribution >= 4 is 23.3 Å². The number of anilines is 2. The number of carbonyl (C=O) groups excluding carboxylic acids is 2. The molecule has 3 heterocycles. The number of aromatic nitrogens is 1. The summed E-state index contributed by atoms with van der Waals surface area (Å²) in [5.74, 6) is 0.633. The Balaban J connectivity index is 1.79. The maximum absolute atomic E-state index is 13.1. The number of pyridine rings is 1. The van der Waals surface area contributed by atoms with Gasteiger partial charge in [-0.3, -0.25) is 14.5 Å². The Morgan fingerprint density at radius 2 is 1.89 bits per heavy atom. The lowest BCUT2D eigenvalue weighted by Gasteiger charge is -2.42. The second-order valence-corrected chi connectivity index (χ2v) is 6.89. The molecule has 2 unspecified atom stereocenters. The smallest absolute Gasteiger partial charge is 0.294 e. The summed E-state index contributed by atoms with van der Waals surface area (Å²) in [6.45, 7) is 3.53. The molecule has 3 aromatic rings. The van der Waals surface area contributed by atoms with Crippen molar-refractivity contribution in [1.82, 2.24) is 4.98 Å². The SMILES string of the molecule is CC(=O)N(c1ccccn1)C1CC(C)N(C(=O)c2ccco2)c2ccccc21. The molecule has 0 spiro atoms. The Hall–Kier alpha value is -3.41. The normalized spacial score (nSPS) is 18.4. The molecule has 6 nitrogen and oxygen atoms in total. The van der Waals surface area contributed by atoms with Gasteiger partial charge in [0, 0.05) is 24.8 Å². The first kappa shape index (κ1) is 18.0. The molecule has 4 rings (SSSR count). The zero-order valence-electron chi connectivity index (χ0n) is 15.8. The summed E-state index contributed by atoms with van der Waals surface area (Å²) < 4.78 is 5.33. The molecule has 0 N–H and O–H groups in total. The fourth-order valence-electron chi connectivity index (χ4n) is 3.89. The highest BCUT2D eigenvalue weighted by atomic mass is 16.3. The van der Waals surface area contributed by atoms with E-state index >= 15 is 0 Å². The van der Waals surface area contributed by atoms with E-state index in [9.17, 15) is 9.59 Å². The van der Waals surface area contributed by atoms with Crippen LogP contribution in [0.2, 0.25) is 0 Å². The van der Waals surface area contributed by atoms with Crippen LogP contribution in [-0.2, 0) is 4.79 Å². The van der Waals surface area contributed by atoms with Crippen molar-refractivity contribution in [3.63, 3.8) is 0 Å². The topological polar surface area (TPSA) is 66.7 Å². The Morgan fingerprint density at radius 3 is 2.57 bits per heavy atom. The van der Waals surface area contributed by atoms with E-state index in [0.29, 0.717) is 18.0 Å². The number of furan rings is 1. The summed E-state index contributed by atoms with van der Waals surface area (Å²) in [4.78, 5) is 33.4. The van der Waals surface area contributed by atoms with E-state index in [4.69, 9.17) is 4.42 Å². The maximum Gasteiger partial charge on any atom is 0.294 e. The summed E-state index contributed by atoms with van der Waals surface area (Å²) in [6, 6.07) is 16.3. The molecule has 0 bridgehead atoms. The Bertz CT molecular complexity index is 985. The first-order chi connectivity index (χ1) is 13.6.